The number of esters is 1. The number of rotatable bonds is 9. The summed E-state index contributed by atoms with van der Waals surface area (Å²) in [5.74, 6) is 0.538. The smallest absolute Gasteiger partial charge is 0.341 e. The predicted octanol–water partition coefficient (Wildman–Crippen LogP) is 4.99. The van der Waals surface area contributed by atoms with E-state index in [2.05, 4.69) is 5.32 Å². The number of carbonyl (C=O) groups excluding carboxylic acids is 2. The lowest BCUT2D eigenvalue weighted by molar-refractivity contribution is -0.111. The number of benzene rings is 1. The highest BCUT2D eigenvalue weighted by atomic mass is 32.1. The van der Waals surface area contributed by atoms with Crippen LogP contribution in [0.3, 0.4) is 0 Å². The van der Waals surface area contributed by atoms with E-state index in [0.717, 1.165) is 16.0 Å². The summed E-state index contributed by atoms with van der Waals surface area (Å²) in [6.07, 6.45) is 3.11. The van der Waals surface area contributed by atoms with Gasteiger partial charge in [-0.05, 0) is 64.0 Å². The lowest BCUT2D eigenvalue weighted by atomic mass is 10.1. The minimum absolute atomic E-state index is 0.278. The molecule has 0 fully saturated rings. The van der Waals surface area contributed by atoms with Gasteiger partial charge >= 0.3 is 5.97 Å². The van der Waals surface area contributed by atoms with Crippen LogP contribution in [0.5, 0.6) is 11.5 Å². The van der Waals surface area contributed by atoms with Gasteiger partial charge in [0.05, 0.1) is 25.4 Å². The molecule has 0 aliphatic heterocycles. The quantitative estimate of drug-likeness (QED) is 0.460. The van der Waals surface area contributed by atoms with Crippen LogP contribution in [0.1, 0.15) is 47.1 Å². The Morgan fingerprint density at radius 2 is 1.72 bits per heavy atom. The highest BCUT2D eigenvalue weighted by Gasteiger charge is 2.21. The maximum Gasteiger partial charge on any atom is 0.341 e. The van der Waals surface area contributed by atoms with E-state index in [1.807, 2.05) is 45.9 Å². The van der Waals surface area contributed by atoms with Crippen LogP contribution in [0.4, 0.5) is 5.00 Å². The van der Waals surface area contributed by atoms with Crippen LogP contribution in [0, 0.1) is 13.8 Å². The highest BCUT2D eigenvalue weighted by Crippen LogP contribution is 2.33. The first-order valence-electron chi connectivity index (χ1n) is 9.56. The number of nitrogens with one attached hydrogen (secondary N) is 1. The molecule has 7 heteroatoms. The monoisotopic (exact) mass is 417 g/mol. The maximum absolute atomic E-state index is 12.4. The van der Waals surface area contributed by atoms with Gasteiger partial charge in [0.25, 0.3) is 0 Å². The molecule has 0 radical (unpaired) electrons. The van der Waals surface area contributed by atoms with Crippen molar-refractivity contribution < 1.29 is 23.8 Å². The Morgan fingerprint density at radius 1 is 1.03 bits per heavy atom. The topological polar surface area (TPSA) is 73.9 Å². The van der Waals surface area contributed by atoms with Crippen molar-refractivity contribution in [2.24, 2.45) is 0 Å². The van der Waals surface area contributed by atoms with Crippen molar-refractivity contribution in [3.8, 4) is 11.5 Å². The van der Waals surface area contributed by atoms with Crippen LogP contribution in [0.2, 0.25) is 0 Å². The molecular weight excluding hydrogens is 390 g/mol. The summed E-state index contributed by atoms with van der Waals surface area (Å²) < 4.78 is 16.3. The van der Waals surface area contributed by atoms with Crippen molar-refractivity contribution in [3.63, 3.8) is 0 Å². The van der Waals surface area contributed by atoms with Gasteiger partial charge in [-0.3, -0.25) is 4.79 Å². The van der Waals surface area contributed by atoms with Crippen molar-refractivity contribution in [2.75, 3.05) is 25.1 Å². The minimum Gasteiger partial charge on any atom is -0.490 e. The number of amides is 1. The van der Waals surface area contributed by atoms with E-state index in [1.165, 1.54) is 17.4 Å². The minimum atomic E-state index is -0.429. The zero-order valence-electron chi connectivity index (χ0n) is 17.5. The average Bonchev–Trinajstić information content (AvgIpc) is 2.96. The van der Waals surface area contributed by atoms with E-state index in [4.69, 9.17) is 14.2 Å². The summed E-state index contributed by atoms with van der Waals surface area (Å²) in [4.78, 5) is 25.6. The second-order valence-corrected chi connectivity index (χ2v) is 7.33. The number of anilines is 1. The SMILES string of the molecule is CCOC(=O)c1c(NC(=O)C=Cc2ccc(OCC)c(OCC)c2)sc(C)c1C. The van der Waals surface area contributed by atoms with E-state index in [9.17, 15) is 9.59 Å². The maximum atomic E-state index is 12.4. The molecule has 156 valence electrons. The molecule has 0 bridgehead atoms. The molecule has 0 unspecified atom stereocenters. The largest absolute Gasteiger partial charge is 0.490 e. The van der Waals surface area contributed by atoms with Gasteiger partial charge in [0, 0.05) is 11.0 Å². The average molecular weight is 418 g/mol. The molecule has 0 aliphatic rings. The zero-order valence-corrected chi connectivity index (χ0v) is 18.3. The lowest BCUT2D eigenvalue weighted by Crippen LogP contribution is -2.12. The number of carbonyl (C=O) groups is 2. The van der Waals surface area contributed by atoms with Gasteiger partial charge in [0.15, 0.2) is 11.5 Å². The molecule has 1 aromatic carbocycles. The molecule has 0 aliphatic carbocycles. The van der Waals surface area contributed by atoms with Crippen LogP contribution in [-0.4, -0.2) is 31.7 Å². The van der Waals surface area contributed by atoms with E-state index in [1.54, 1.807) is 13.0 Å². The van der Waals surface area contributed by atoms with Crippen LogP contribution in [0.15, 0.2) is 24.3 Å². The Hall–Kier alpha value is -2.80. The summed E-state index contributed by atoms with van der Waals surface area (Å²) in [6, 6.07) is 5.49. The van der Waals surface area contributed by atoms with Gasteiger partial charge in [-0.1, -0.05) is 6.07 Å². The van der Waals surface area contributed by atoms with Gasteiger partial charge in [-0.2, -0.15) is 0 Å². The second kappa shape index (κ2) is 10.7. The Kier molecular flexibility index (Phi) is 8.27. The molecule has 2 rings (SSSR count). The van der Waals surface area contributed by atoms with E-state index < -0.39 is 5.97 Å². The molecule has 6 nitrogen and oxygen atoms in total. The molecular formula is C22H27NO5S. The molecule has 1 N–H and O–H groups in total. The molecule has 2 aromatic rings. The Bertz CT molecular complexity index is 901. The van der Waals surface area contributed by atoms with Crippen LogP contribution in [-0.2, 0) is 9.53 Å². The van der Waals surface area contributed by atoms with Crippen molar-refractivity contribution in [1.82, 2.24) is 0 Å². The standard InChI is InChI=1S/C22H27NO5S/c1-6-26-17-11-9-16(13-18(17)27-7-2)10-12-19(24)23-21-20(22(25)28-8-3)14(4)15(5)29-21/h9-13H,6-8H2,1-5H3,(H,23,24). The van der Waals surface area contributed by atoms with Gasteiger partial charge in [0.1, 0.15) is 5.00 Å². The summed E-state index contributed by atoms with van der Waals surface area (Å²) in [5.41, 5.74) is 2.03. The third kappa shape index (κ3) is 5.84. The molecule has 1 aromatic heterocycles. The zero-order chi connectivity index (χ0) is 21.4. The van der Waals surface area contributed by atoms with Gasteiger partial charge < -0.3 is 19.5 Å². The van der Waals surface area contributed by atoms with Gasteiger partial charge in [-0.15, -0.1) is 11.3 Å². The third-order valence-corrected chi connectivity index (χ3v) is 5.22. The van der Waals surface area contributed by atoms with Crippen molar-refractivity contribution in [3.05, 3.63) is 45.8 Å². The first-order chi connectivity index (χ1) is 13.9. The molecule has 1 amide bonds. The first-order valence-corrected chi connectivity index (χ1v) is 10.4. The highest BCUT2D eigenvalue weighted by molar-refractivity contribution is 7.16. The summed E-state index contributed by atoms with van der Waals surface area (Å²) >= 11 is 1.36. The fraction of sp³-hybridized carbons (Fsp3) is 0.364. The van der Waals surface area contributed by atoms with Crippen molar-refractivity contribution in [1.29, 1.82) is 0 Å². The molecule has 29 heavy (non-hydrogen) atoms. The molecule has 0 saturated heterocycles. The van der Waals surface area contributed by atoms with Gasteiger partial charge in [0.2, 0.25) is 5.91 Å². The molecule has 0 atom stereocenters. The number of hydrogen-bond acceptors (Lipinski definition) is 6. The second-order valence-electron chi connectivity index (χ2n) is 6.10. The van der Waals surface area contributed by atoms with Crippen LogP contribution >= 0.6 is 11.3 Å². The fourth-order valence-corrected chi connectivity index (χ4v) is 3.71. The van der Waals surface area contributed by atoms with E-state index in [0.29, 0.717) is 35.3 Å². The van der Waals surface area contributed by atoms with E-state index in [-0.39, 0.29) is 12.5 Å². The van der Waals surface area contributed by atoms with E-state index >= 15 is 0 Å². The van der Waals surface area contributed by atoms with Gasteiger partial charge in [-0.25, -0.2) is 4.79 Å². The fourth-order valence-electron chi connectivity index (χ4n) is 2.66. The Morgan fingerprint density at radius 3 is 2.38 bits per heavy atom. The first kappa shape index (κ1) is 22.5. The molecule has 0 spiro atoms. The number of thiophene rings is 1. The Labute approximate surface area is 175 Å². The summed E-state index contributed by atoms with van der Waals surface area (Å²) in [5, 5.41) is 3.28. The predicted molar refractivity (Wildman–Crippen MR) is 116 cm³/mol. The van der Waals surface area contributed by atoms with Crippen LogP contribution in [0.25, 0.3) is 6.08 Å². The third-order valence-electron chi connectivity index (χ3n) is 4.10. The number of ether oxygens (including phenoxy) is 3. The lowest BCUT2D eigenvalue weighted by Gasteiger charge is -2.11. The molecule has 0 saturated carbocycles. The number of aryl methyl sites for hydroxylation is 1. The summed E-state index contributed by atoms with van der Waals surface area (Å²) in [7, 11) is 0. The number of hydrogen-bond donors (Lipinski definition) is 1. The van der Waals surface area contributed by atoms with Crippen molar-refractivity contribution >= 4 is 34.3 Å². The Balaban J connectivity index is 2.17. The summed E-state index contributed by atoms with van der Waals surface area (Å²) in [6.45, 7) is 10.6. The van der Waals surface area contributed by atoms with Crippen LogP contribution < -0.4 is 14.8 Å². The van der Waals surface area contributed by atoms with Crippen molar-refractivity contribution in [2.45, 2.75) is 34.6 Å². The molecule has 1 heterocycles. The normalized spacial score (nSPS) is 10.8.